The Morgan fingerprint density at radius 2 is 1.85 bits per heavy atom. The molecule has 2 aromatic carbocycles. The van der Waals surface area contributed by atoms with Crippen LogP contribution in [0.2, 0.25) is 0 Å². The van der Waals surface area contributed by atoms with Crippen molar-refractivity contribution in [2.75, 3.05) is 6.61 Å². The van der Waals surface area contributed by atoms with E-state index in [0.717, 1.165) is 11.1 Å². The number of benzene rings is 2. The van der Waals surface area contributed by atoms with Crippen LogP contribution in [0.5, 0.6) is 17.2 Å². The number of carboxylic acid groups (broad SMARTS) is 1. The summed E-state index contributed by atoms with van der Waals surface area (Å²) in [7, 11) is 0. The Morgan fingerprint density at radius 3 is 2.58 bits per heavy atom. The molecule has 26 heavy (non-hydrogen) atoms. The van der Waals surface area contributed by atoms with Gasteiger partial charge in [-0.15, -0.1) is 0 Å². The lowest BCUT2D eigenvalue weighted by Crippen LogP contribution is -2.06. The first kappa shape index (κ1) is 17.5. The molecule has 0 fully saturated rings. The summed E-state index contributed by atoms with van der Waals surface area (Å²) in [5, 5.41) is 8.99. The molecule has 0 spiro atoms. The predicted molar refractivity (Wildman–Crippen MR) is 96.2 cm³/mol. The number of hydrogen-bond acceptors (Lipinski definition) is 5. The Morgan fingerprint density at radius 1 is 1.08 bits per heavy atom. The van der Waals surface area contributed by atoms with Gasteiger partial charge in [0.15, 0.2) is 0 Å². The average Bonchev–Trinajstić information content (AvgIpc) is 2.60. The molecular weight excluding hydrogens is 336 g/mol. The molecule has 0 aliphatic rings. The molecule has 0 radical (unpaired) electrons. The highest BCUT2D eigenvalue weighted by molar-refractivity contribution is 5.79. The zero-order valence-corrected chi connectivity index (χ0v) is 14.4. The first-order chi connectivity index (χ1) is 12.4. The summed E-state index contributed by atoms with van der Waals surface area (Å²) < 4.78 is 16.5. The van der Waals surface area contributed by atoms with Crippen molar-refractivity contribution >= 4 is 16.9 Å². The van der Waals surface area contributed by atoms with Crippen molar-refractivity contribution < 1.29 is 23.8 Å². The van der Waals surface area contributed by atoms with Crippen molar-refractivity contribution in [2.24, 2.45) is 0 Å². The van der Waals surface area contributed by atoms with E-state index in [1.54, 1.807) is 24.3 Å². The third kappa shape index (κ3) is 3.85. The van der Waals surface area contributed by atoms with Gasteiger partial charge in [0, 0.05) is 6.07 Å². The summed E-state index contributed by atoms with van der Waals surface area (Å²) in [6.45, 7) is 4.01. The van der Waals surface area contributed by atoms with Crippen molar-refractivity contribution in [1.82, 2.24) is 0 Å². The van der Waals surface area contributed by atoms with Crippen LogP contribution in [-0.4, -0.2) is 17.7 Å². The number of aliphatic carboxylic acids is 1. The van der Waals surface area contributed by atoms with Gasteiger partial charge < -0.3 is 19.0 Å². The Labute approximate surface area is 149 Å². The van der Waals surface area contributed by atoms with E-state index in [9.17, 15) is 9.59 Å². The maximum absolute atomic E-state index is 12.6. The summed E-state index contributed by atoms with van der Waals surface area (Å²) in [5.41, 5.74) is 2.26. The SMILES string of the molecule is Cc1ccc(Oc2coc3cc(OCCC(=O)O)ccc3c2=O)cc1C. The lowest BCUT2D eigenvalue weighted by Gasteiger charge is -2.09. The van der Waals surface area contributed by atoms with Crippen LogP contribution in [0.25, 0.3) is 11.0 Å². The average molecular weight is 354 g/mol. The number of carboxylic acids is 1. The fourth-order valence-corrected chi connectivity index (χ4v) is 2.41. The van der Waals surface area contributed by atoms with E-state index in [2.05, 4.69) is 0 Å². The molecule has 1 N–H and O–H groups in total. The van der Waals surface area contributed by atoms with E-state index < -0.39 is 5.97 Å². The summed E-state index contributed by atoms with van der Waals surface area (Å²) in [6, 6.07) is 10.3. The molecule has 6 heteroatoms. The maximum atomic E-state index is 12.6. The second-order valence-corrected chi connectivity index (χ2v) is 5.93. The van der Waals surface area contributed by atoms with Crippen LogP contribution in [0.4, 0.5) is 0 Å². The largest absolute Gasteiger partial charge is 0.493 e. The van der Waals surface area contributed by atoms with Gasteiger partial charge in [0.25, 0.3) is 0 Å². The Bertz CT molecular complexity index is 1020. The van der Waals surface area contributed by atoms with Crippen molar-refractivity contribution in [3.8, 4) is 17.2 Å². The Hall–Kier alpha value is -3.28. The second-order valence-electron chi connectivity index (χ2n) is 5.93. The van der Waals surface area contributed by atoms with Crippen LogP contribution in [-0.2, 0) is 4.79 Å². The summed E-state index contributed by atoms with van der Waals surface area (Å²) >= 11 is 0. The molecule has 0 saturated carbocycles. The minimum absolute atomic E-state index is 0.0407. The number of ether oxygens (including phenoxy) is 2. The van der Waals surface area contributed by atoms with Crippen molar-refractivity contribution in [3.05, 3.63) is 64.0 Å². The van der Waals surface area contributed by atoms with Gasteiger partial charge >= 0.3 is 5.97 Å². The molecule has 0 atom stereocenters. The van der Waals surface area contributed by atoms with Gasteiger partial charge in [-0.2, -0.15) is 0 Å². The van der Waals surface area contributed by atoms with Crippen LogP contribution in [0.15, 0.2) is 51.9 Å². The van der Waals surface area contributed by atoms with Crippen molar-refractivity contribution in [1.29, 1.82) is 0 Å². The lowest BCUT2D eigenvalue weighted by molar-refractivity contribution is -0.137. The van der Waals surface area contributed by atoms with Gasteiger partial charge in [0.1, 0.15) is 23.3 Å². The van der Waals surface area contributed by atoms with Gasteiger partial charge in [-0.05, 0) is 49.2 Å². The van der Waals surface area contributed by atoms with Crippen LogP contribution in [0.1, 0.15) is 17.5 Å². The molecule has 0 saturated heterocycles. The Balaban J connectivity index is 1.85. The molecule has 1 heterocycles. The summed E-state index contributed by atoms with van der Waals surface area (Å²) in [5.74, 6) is 0.156. The molecule has 0 bridgehead atoms. The number of fused-ring (bicyclic) bond motifs is 1. The fraction of sp³-hybridized carbons (Fsp3) is 0.200. The highest BCUT2D eigenvalue weighted by Crippen LogP contribution is 2.25. The van der Waals surface area contributed by atoms with E-state index in [0.29, 0.717) is 22.5 Å². The highest BCUT2D eigenvalue weighted by atomic mass is 16.5. The monoisotopic (exact) mass is 354 g/mol. The van der Waals surface area contributed by atoms with E-state index in [1.165, 1.54) is 6.26 Å². The molecule has 0 aliphatic carbocycles. The molecule has 6 nitrogen and oxygen atoms in total. The topological polar surface area (TPSA) is 86.0 Å². The van der Waals surface area contributed by atoms with Crippen molar-refractivity contribution in [2.45, 2.75) is 20.3 Å². The quantitative estimate of drug-likeness (QED) is 0.718. The number of rotatable bonds is 6. The molecular formula is C20H18O6. The van der Waals surface area contributed by atoms with Gasteiger partial charge in [0.05, 0.1) is 18.4 Å². The van der Waals surface area contributed by atoms with Crippen LogP contribution in [0.3, 0.4) is 0 Å². The van der Waals surface area contributed by atoms with E-state index in [4.69, 9.17) is 19.0 Å². The summed E-state index contributed by atoms with van der Waals surface area (Å²) in [4.78, 5) is 23.1. The molecule has 0 unspecified atom stereocenters. The molecule has 0 amide bonds. The standard InChI is InChI=1S/C20H18O6/c1-12-3-4-15(9-13(12)2)26-18-11-25-17-10-14(24-8-7-19(21)22)5-6-16(17)20(18)23/h3-6,9-11H,7-8H2,1-2H3,(H,21,22). The van der Waals surface area contributed by atoms with Crippen LogP contribution in [0, 0.1) is 13.8 Å². The van der Waals surface area contributed by atoms with Gasteiger partial charge in [0.2, 0.25) is 11.2 Å². The first-order valence-corrected chi connectivity index (χ1v) is 8.09. The molecule has 0 aliphatic heterocycles. The second kappa shape index (κ2) is 7.31. The molecule has 1 aromatic heterocycles. The molecule has 3 aromatic rings. The fourth-order valence-electron chi connectivity index (χ4n) is 2.41. The zero-order chi connectivity index (χ0) is 18.7. The smallest absolute Gasteiger partial charge is 0.306 e. The van der Waals surface area contributed by atoms with Crippen molar-refractivity contribution in [3.63, 3.8) is 0 Å². The number of hydrogen-bond donors (Lipinski definition) is 1. The van der Waals surface area contributed by atoms with Crippen LogP contribution >= 0.6 is 0 Å². The predicted octanol–water partition coefficient (Wildman–Crippen LogP) is 4.06. The molecule has 134 valence electrons. The molecule has 3 rings (SSSR count). The summed E-state index contributed by atoms with van der Waals surface area (Å²) in [6.07, 6.45) is 1.16. The third-order valence-corrected chi connectivity index (χ3v) is 4.01. The number of aryl methyl sites for hydroxylation is 2. The first-order valence-electron chi connectivity index (χ1n) is 8.09. The van der Waals surface area contributed by atoms with Crippen LogP contribution < -0.4 is 14.9 Å². The third-order valence-electron chi connectivity index (χ3n) is 4.01. The highest BCUT2D eigenvalue weighted by Gasteiger charge is 2.11. The van der Waals surface area contributed by atoms with Gasteiger partial charge in [-0.3, -0.25) is 9.59 Å². The maximum Gasteiger partial charge on any atom is 0.306 e. The van der Waals surface area contributed by atoms with Gasteiger partial charge in [-0.25, -0.2) is 0 Å². The normalized spacial score (nSPS) is 10.7. The number of carbonyl (C=O) groups is 1. The van der Waals surface area contributed by atoms with Gasteiger partial charge in [-0.1, -0.05) is 6.07 Å². The van der Waals surface area contributed by atoms with E-state index in [-0.39, 0.29) is 24.2 Å². The van der Waals surface area contributed by atoms with E-state index >= 15 is 0 Å². The Kier molecular flexibility index (Phi) is 4.93. The van der Waals surface area contributed by atoms with E-state index in [1.807, 2.05) is 26.0 Å². The minimum Gasteiger partial charge on any atom is -0.493 e. The minimum atomic E-state index is -0.939. The zero-order valence-electron chi connectivity index (χ0n) is 14.4. The lowest BCUT2D eigenvalue weighted by atomic mass is 10.1.